The number of anilines is 1. The molecule has 0 aliphatic carbocycles. The van der Waals surface area contributed by atoms with Gasteiger partial charge in [-0.3, -0.25) is 9.69 Å². The Morgan fingerprint density at radius 3 is 2.67 bits per heavy atom. The van der Waals surface area contributed by atoms with Crippen molar-refractivity contribution in [3.05, 3.63) is 63.4 Å². The fourth-order valence-electron chi connectivity index (χ4n) is 5.06. The van der Waals surface area contributed by atoms with Crippen molar-refractivity contribution in [1.29, 1.82) is 0 Å². The molecule has 1 amide bonds. The number of aliphatic hydroxyl groups is 1. The van der Waals surface area contributed by atoms with E-state index in [0.29, 0.717) is 29.2 Å². The van der Waals surface area contributed by atoms with E-state index in [1.165, 1.54) is 6.07 Å². The minimum atomic E-state index is -1.16. The van der Waals surface area contributed by atoms with E-state index in [0.717, 1.165) is 5.56 Å². The lowest BCUT2D eigenvalue weighted by atomic mass is 9.75. The molecule has 2 aliphatic heterocycles. The normalized spacial score (nSPS) is 26.3. The van der Waals surface area contributed by atoms with Gasteiger partial charge in [-0.15, -0.1) is 0 Å². The Hall–Kier alpha value is -1.66. The van der Waals surface area contributed by atoms with Crippen LogP contribution in [0.25, 0.3) is 0 Å². The van der Waals surface area contributed by atoms with Crippen molar-refractivity contribution < 1.29 is 14.3 Å². The van der Waals surface area contributed by atoms with Crippen molar-refractivity contribution in [3.8, 4) is 0 Å². The lowest BCUT2D eigenvalue weighted by Gasteiger charge is -2.42. The molecule has 0 aromatic heterocycles. The predicted molar refractivity (Wildman–Crippen MR) is 118 cm³/mol. The third-order valence-electron chi connectivity index (χ3n) is 6.10. The van der Waals surface area contributed by atoms with Gasteiger partial charge in [-0.05, 0) is 35.6 Å². The molecule has 2 aromatic carbocycles. The van der Waals surface area contributed by atoms with E-state index < -0.39 is 17.3 Å². The molecule has 3 atom stereocenters. The van der Waals surface area contributed by atoms with Crippen LogP contribution in [0.4, 0.5) is 10.1 Å². The average Bonchev–Trinajstić information content (AvgIpc) is 3.12. The third kappa shape index (κ3) is 3.23. The number of aliphatic hydroxyl groups excluding tert-OH is 1. The van der Waals surface area contributed by atoms with Gasteiger partial charge < -0.3 is 10.4 Å². The van der Waals surface area contributed by atoms with Gasteiger partial charge in [-0.2, -0.15) is 0 Å². The van der Waals surface area contributed by atoms with Crippen LogP contribution < -0.4 is 5.32 Å². The van der Waals surface area contributed by atoms with Crippen LogP contribution in [-0.2, 0) is 10.3 Å². The molecule has 1 spiro atoms. The molecule has 2 N–H and O–H groups in total. The van der Waals surface area contributed by atoms with E-state index in [1.54, 1.807) is 24.3 Å². The standard InChI is InChI=1S/C23H25Cl2FN2O2/c1-22(2,3)12-28-14(11-29)10-17(15-5-4-6-18(25)20(15)26)23(28)16-8-7-13(24)9-19(16)27-21(23)30/h4-9,14,17,29H,10-12H2,1-3H3,(H,27,30)/t14-,17-,23-/m1/s1. The maximum Gasteiger partial charge on any atom is 0.250 e. The molecule has 160 valence electrons. The maximum absolute atomic E-state index is 15.2. The van der Waals surface area contributed by atoms with E-state index in [2.05, 4.69) is 26.1 Å². The number of likely N-dealkylation sites (tertiary alicyclic amines) is 1. The van der Waals surface area contributed by atoms with Crippen molar-refractivity contribution in [3.63, 3.8) is 0 Å². The Morgan fingerprint density at radius 2 is 2.00 bits per heavy atom. The van der Waals surface area contributed by atoms with Crippen LogP contribution in [0, 0.1) is 11.2 Å². The van der Waals surface area contributed by atoms with Gasteiger partial charge in [0.25, 0.3) is 0 Å². The highest BCUT2D eigenvalue weighted by atomic mass is 35.5. The first kappa shape index (κ1) is 21.6. The molecular formula is C23H25Cl2FN2O2. The van der Waals surface area contributed by atoms with Gasteiger partial charge in [0.1, 0.15) is 11.4 Å². The third-order valence-corrected chi connectivity index (χ3v) is 6.63. The highest BCUT2D eigenvalue weighted by Crippen LogP contribution is 2.58. The number of halogens is 3. The van der Waals surface area contributed by atoms with Crippen molar-refractivity contribution in [1.82, 2.24) is 4.90 Å². The Morgan fingerprint density at radius 1 is 1.27 bits per heavy atom. The Labute approximate surface area is 186 Å². The molecule has 0 saturated carbocycles. The molecule has 0 bridgehead atoms. The fourth-order valence-corrected chi connectivity index (χ4v) is 5.41. The highest BCUT2D eigenvalue weighted by Gasteiger charge is 2.63. The number of rotatable bonds is 3. The lowest BCUT2D eigenvalue weighted by Crippen LogP contribution is -2.55. The Balaban J connectivity index is 2.00. The largest absolute Gasteiger partial charge is 0.395 e. The van der Waals surface area contributed by atoms with Gasteiger partial charge in [-0.1, -0.05) is 62.2 Å². The van der Waals surface area contributed by atoms with Crippen LogP contribution in [0.1, 0.15) is 44.2 Å². The minimum absolute atomic E-state index is 0.0206. The minimum Gasteiger partial charge on any atom is -0.395 e. The molecule has 2 aliphatic rings. The number of benzene rings is 2. The number of carbonyl (C=O) groups excluding carboxylic acids is 1. The molecular weight excluding hydrogens is 426 g/mol. The summed E-state index contributed by atoms with van der Waals surface area (Å²) in [4.78, 5) is 15.7. The van der Waals surface area contributed by atoms with Gasteiger partial charge in [0.05, 0.1) is 11.6 Å². The first-order valence-electron chi connectivity index (χ1n) is 10.0. The van der Waals surface area contributed by atoms with E-state index in [-0.39, 0.29) is 29.0 Å². The van der Waals surface area contributed by atoms with Crippen molar-refractivity contribution in [2.24, 2.45) is 5.41 Å². The van der Waals surface area contributed by atoms with Crippen molar-refractivity contribution >= 4 is 34.8 Å². The molecule has 1 fully saturated rings. The monoisotopic (exact) mass is 450 g/mol. The lowest BCUT2D eigenvalue weighted by molar-refractivity contribution is -0.129. The zero-order valence-corrected chi connectivity index (χ0v) is 18.7. The zero-order valence-electron chi connectivity index (χ0n) is 17.2. The van der Waals surface area contributed by atoms with Gasteiger partial charge in [0.15, 0.2) is 0 Å². The van der Waals surface area contributed by atoms with Gasteiger partial charge in [0.2, 0.25) is 5.91 Å². The second-order valence-electron chi connectivity index (χ2n) is 9.37. The van der Waals surface area contributed by atoms with Crippen LogP contribution in [0.15, 0.2) is 36.4 Å². The number of amides is 1. The van der Waals surface area contributed by atoms with E-state index in [4.69, 9.17) is 23.2 Å². The molecule has 7 heteroatoms. The van der Waals surface area contributed by atoms with Crippen LogP contribution in [-0.4, -0.2) is 35.1 Å². The summed E-state index contributed by atoms with van der Waals surface area (Å²) in [7, 11) is 0. The molecule has 1 saturated heterocycles. The summed E-state index contributed by atoms with van der Waals surface area (Å²) >= 11 is 12.3. The molecule has 4 rings (SSSR count). The van der Waals surface area contributed by atoms with Gasteiger partial charge in [-0.25, -0.2) is 4.39 Å². The number of nitrogens with zero attached hydrogens (tertiary/aromatic N) is 1. The highest BCUT2D eigenvalue weighted by molar-refractivity contribution is 6.31. The molecule has 2 aromatic rings. The van der Waals surface area contributed by atoms with Crippen LogP contribution in [0.5, 0.6) is 0 Å². The molecule has 2 heterocycles. The number of carbonyl (C=O) groups is 1. The molecule has 30 heavy (non-hydrogen) atoms. The molecule has 0 radical (unpaired) electrons. The second kappa shape index (κ2) is 7.49. The first-order chi connectivity index (χ1) is 14.1. The maximum atomic E-state index is 15.2. The SMILES string of the molecule is CC(C)(C)CN1[C@@H](CO)C[C@H](c2cccc(Cl)c2F)[C@]12C(=O)Nc1cc(Cl)ccc12. The van der Waals surface area contributed by atoms with Crippen molar-refractivity contribution in [2.75, 3.05) is 18.5 Å². The van der Waals surface area contributed by atoms with Crippen LogP contribution in [0.2, 0.25) is 10.0 Å². The fraction of sp³-hybridized carbons (Fsp3) is 0.435. The first-order valence-corrected chi connectivity index (χ1v) is 10.8. The summed E-state index contributed by atoms with van der Waals surface area (Å²) in [6, 6.07) is 9.88. The smallest absolute Gasteiger partial charge is 0.250 e. The summed E-state index contributed by atoms with van der Waals surface area (Å²) < 4.78 is 15.2. The average molecular weight is 451 g/mol. The number of hydrogen-bond acceptors (Lipinski definition) is 3. The zero-order chi connectivity index (χ0) is 21.8. The second-order valence-corrected chi connectivity index (χ2v) is 10.2. The summed E-state index contributed by atoms with van der Waals surface area (Å²) in [5.41, 5.74) is 0.443. The quantitative estimate of drug-likeness (QED) is 0.677. The summed E-state index contributed by atoms with van der Waals surface area (Å²) in [5.74, 6) is -1.27. The summed E-state index contributed by atoms with van der Waals surface area (Å²) in [6.07, 6.45) is 0.430. The number of nitrogens with one attached hydrogen (secondary N) is 1. The topological polar surface area (TPSA) is 52.6 Å². The van der Waals surface area contributed by atoms with E-state index >= 15 is 4.39 Å². The summed E-state index contributed by atoms with van der Waals surface area (Å²) in [5, 5.41) is 13.7. The van der Waals surface area contributed by atoms with E-state index in [9.17, 15) is 9.90 Å². The summed E-state index contributed by atoms with van der Waals surface area (Å²) in [6.45, 7) is 6.66. The van der Waals surface area contributed by atoms with Crippen molar-refractivity contribution in [2.45, 2.75) is 44.7 Å². The van der Waals surface area contributed by atoms with Gasteiger partial charge in [0, 0.05) is 34.8 Å². The van der Waals surface area contributed by atoms with Gasteiger partial charge >= 0.3 is 0 Å². The Kier molecular flexibility index (Phi) is 5.38. The predicted octanol–water partition coefficient (Wildman–Crippen LogP) is 5.18. The Bertz CT molecular complexity index is 1010. The molecule has 0 unspecified atom stereocenters. The number of fused-ring (bicyclic) bond motifs is 2. The van der Waals surface area contributed by atoms with Crippen LogP contribution in [0.3, 0.4) is 0 Å². The van der Waals surface area contributed by atoms with Crippen LogP contribution >= 0.6 is 23.2 Å². The van der Waals surface area contributed by atoms with E-state index in [1.807, 2.05) is 11.0 Å². The number of hydrogen-bond donors (Lipinski definition) is 2. The molecule has 4 nitrogen and oxygen atoms in total.